The van der Waals surface area contributed by atoms with Gasteiger partial charge in [0.1, 0.15) is 5.69 Å². The first-order valence-electron chi connectivity index (χ1n) is 6.46. The zero-order valence-electron chi connectivity index (χ0n) is 11.6. The maximum Gasteiger partial charge on any atom is 0.268 e. The van der Waals surface area contributed by atoms with Crippen molar-refractivity contribution in [2.45, 2.75) is 32.9 Å². The van der Waals surface area contributed by atoms with Crippen molar-refractivity contribution >= 4 is 17.5 Å². The Hall–Kier alpha value is -1.04. The number of carbonyl (C=O) groups excluding carboxylic acids is 1. The lowest BCUT2D eigenvalue weighted by Gasteiger charge is -2.13. The van der Waals surface area contributed by atoms with E-state index in [0.717, 1.165) is 0 Å². The summed E-state index contributed by atoms with van der Waals surface area (Å²) in [5.74, 6) is -0.139. The fourth-order valence-electron chi connectivity index (χ4n) is 1.72. The molecule has 0 radical (unpaired) electrons. The van der Waals surface area contributed by atoms with E-state index in [0.29, 0.717) is 30.4 Å². The normalized spacial score (nSPS) is 12.7. The molecule has 108 valence electrons. The number of carbonyl (C=O) groups is 1. The van der Waals surface area contributed by atoms with Crippen molar-refractivity contribution in [3.8, 4) is 0 Å². The molecule has 1 aromatic rings. The highest BCUT2D eigenvalue weighted by Gasteiger charge is 2.14. The lowest BCUT2D eigenvalue weighted by Crippen LogP contribution is -2.35. The molecule has 0 saturated heterocycles. The van der Waals surface area contributed by atoms with E-state index >= 15 is 0 Å². The maximum atomic E-state index is 12.0. The molecule has 0 saturated carbocycles. The van der Waals surface area contributed by atoms with Gasteiger partial charge in [0, 0.05) is 31.9 Å². The zero-order chi connectivity index (χ0) is 14.4. The fraction of sp³-hybridized carbons (Fsp3) is 0.615. The third-order valence-corrected chi connectivity index (χ3v) is 2.84. The van der Waals surface area contributed by atoms with Gasteiger partial charge in [-0.2, -0.15) is 0 Å². The minimum Gasteiger partial charge on any atom is -0.392 e. The fourth-order valence-corrected chi connectivity index (χ4v) is 1.93. The van der Waals surface area contributed by atoms with Gasteiger partial charge in [0.05, 0.1) is 11.1 Å². The summed E-state index contributed by atoms with van der Waals surface area (Å²) in [4.78, 5) is 12.0. The van der Waals surface area contributed by atoms with Crippen LogP contribution in [0.2, 0.25) is 5.02 Å². The number of amides is 1. The lowest BCUT2D eigenvalue weighted by molar-refractivity contribution is 0.0943. The van der Waals surface area contributed by atoms with Crippen molar-refractivity contribution < 1.29 is 9.90 Å². The van der Waals surface area contributed by atoms with Crippen molar-refractivity contribution in [1.29, 1.82) is 0 Å². The van der Waals surface area contributed by atoms with E-state index in [1.54, 1.807) is 19.2 Å². The third-order valence-electron chi connectivity index (χ3n) is 2.63. The highest BCUT2D eigenvalue weighted by Crippen LogP contribution is 2.18. The Labute approximate surface area is 118 Å². The number of hydrogen-bond acceptors (Lipinski definition) is 3. The summed E-state index contributed by atoms with van der Waals surface area (Å²) in [5.41, 5.74) is 0.565. The first kappa shape index (κ1) is 16.0. The van der Waals surface area contributed by atoms with Crippen LogP contribution in [0.5, 0.6) is 0 Å². The molecule has 0 aliphatic heterocycles. The summed E-state index contributed by atoms with van der Waals surface area (Å²) in [6, 6.07) is 1.85. The van der Waals surface area contributed by atoms with Gasteiger partial charge in [0.25, 0.3) is 5.91 Å². The van der Waals surface area contributed by atoms with Crippen LogP contribution in [-0.4, -0.2) is 41.3 Å². The average Bonchev–Trinajstić information content (AvgIpc) is 2.70. The van der Waals surface area contributed by atoms with Crippen molar-refractivity contribution in [3.05, 3.63) is 23.0 Å². The maximum absolute atomic E-state index is 12.0. The molecule has 0 spiro atoms. The van der Waals surface area contributed by atoms with E-state index in [1.807, 2.05) is 18.4 Å². The molecule has 0 fully saturated rings. The Balaban J connectivity index is 2.45. The molecule has 1 atom stereocenters. The van der Waals surface area contributed by atoms with E-state index in [1.165, 1.54) is 0 Å². The van der Waals surface area contributed by atoms with Gasteiger partial charge in [-0.3, -0.25) is 4.79 Å². The summed E-state index contributed by atoms with van der Waals surface area (Å²) >= 11 is 5.93. The van der Waals surface area contributed by atoms with Crippen LogP contribution in [0.25, 0.3) is 0 Å². The first-order valence-corrected chi connectivity index (χ1v) is 6.84. The zero-order valence-corrected chi connectivity index (χ0v) is 12.4. The molecular formula is C13H22ClN3O2. The van der Waals surface area contributed by atoms with Gasteiger partial charge in [-0.25, -0.2) is 0 Å². The van der Waals surface area contributed by atoms with Gasteiger partial charge in [-0.1, -0.05) is 11.6 Å². The SMILES string of the molecule is CC(O)CNCCNC(=O)c1cc(Cl)cn1C(C)C. The Bertz CT molecular complexity index is 416. The van der Waals surface area contributed by atoms with Gasteiger partial charge in [-0.15, -0.1) is 0 Å². The van der Waals surface area contributed by atoms with E-state index in [4.69, 9.17) is 16.7 Å². The van der Waals surface area contributed by atoms with E-state index in [-0.39, 0.29) is 18.1 Å². The molecule has 1 aromatic heterocycles. The molecule has 6 heteroatoms. The Morgan fingerprint density at radius 1 is 1.42 bits per heavy atom. The number of aliphatic hydroxyl groups is 1. The second-order valence-electron chi connectivity index (χ2n) is 4.85. The smallest absolute Gasteiger partial charge is 0.268 e. The summed E-state index contributed by atoms with van der Waals surface area (Å²) in [7, 11) is 0. The van der Waals surface area contributed by atoms with Crippen LogP contribution in [0.4, 0.5) is 0 Å². The van der Waals surface area contributed by atoms with Crippen LogP contribution in [0, 0.1) is 0 Å². The number of aromatic nitrogens is 1. The molecule has 1 rings (SSSR count). The molecular weight excluding hydrogens is 266 g/mol. The molecule has 0 bridgehead atoms. The topological polar surface area (TPSA) is 66.3 Å². The van der Waals surface area contributed by atoms with Crippen LogP contribution in [0.15, 0.2) is 12.3 Å². The predicted molar refractivity (Wildman–Crippen MR) is 76.7 cm³/mol. The highest BCUT2D eigenvalue weighted by molar-refractivity contribution is 6.31. The Morgan fingerprint density at radius 2 is 2.11 bits per heavy atom. The Morgan fingerprint density at radius 3 is 2.68 bits per heavy atom. The van der Waals surface area contributed by atoms with Crippen LogP contribution < -0.4 is 10.6 Å². The monoisotopic (exact) mass is 287 g/mol. The van der Waals surface area contributed by atoms with Crippen LogP contribution in [0.3, 0.4) is 0 Å². The van der Waals surface area contributed by atoms with Crippen molar-refractivity contribution in [3.63, 3.8) is 0 Å². The number of nitrogens with one attached hydrogen (secondary N) is 2. The Kier molecular flexibility index (Phi) is 6.34. The van der Waals surface area contributed by atoms with Gasteiger partial charge in [-0.05, 0) is 26.8 Å². The van der Waals surface area contributed by atoms with Crippen LogP contribution in [-0.2, 0) is 0 Å². The number of rotatable bonds is 7. The average molecular weight is 288 g/mol. The molecule has 1 heterocycles. The van der Waals surface area contributed by atoms with Gasteiger partial charge >= 0.3 is 0 Å². The molecule has 0 aliphatic rings. The molecule has 3 N–H and O–H groups in total. The number of aliphatic hydroxyl groups excluding tert-OH is 1. The second kappa shape index (κ2) is 7.53. The van der Waals surface area contributed by atoms with Crippen molar-refractivity contribution in [2.24, 2.45) is 0 Å². The second-order valence-corrected chi connectivity index (χ2v) is 5.29. The minimum atomic E-state index is -0.382. The summed E-state index contributed by atoms with van der Waals surface area (Å²) in [5, 5.41) is 15.5. The van der Waals surface area contributed by atoms with Gasteiger partial charge < -0.3 is 20.3 Å². The number of halogens is 1. The molecule has 1 amide bonds. The van der Waals surface area contributed by atoms with E-state index in [2.05, 4.69) is 10.6 Å². The van der Waals surface area contributed by atoms with Gasteiger partial charge in [0.15, 0.2) is 0 Å². The van der Waals surface area contributed by atoms with Crippen LogP contribution in [0.1, 0.15) is 37.3 Å². The lowest BCUT2D eigenvalue weighted by atomic mass is 10.3. The summed E-state index contributed by atoms with van der Waals surface area (Å²) < 4.78 is 1.85. The first-order chi connectivity index (χ1) is 8.91. The molecule has 19 heavy (non-hydrogen) atoms. The number of nitrogens with zero attached hydrogens (tertiary/aromatic N) is 1. The number of hydrogen-bond donors (Lipinski definition) is 3. The quantitative estimate of drug-likeness (QED) is 0.665. The van der Waals surface area contributed by atoms with E-state index in [9.17, 15) is 4.79 Å². The minimum absolute atomic E-state index is 0.139. The molecule has 5 nitrogen and oxygen atoms in total. The highest BCUT2D eigenvalue weighted by atomic mass is 35.5. The largest absolute Gasteiger partial charge is 0.392 e. The van der Waals surface area contributed by atoms with E-state index < -0.39 is 0 Å². The summed E-state index contributed by atoms with van der Waals surface area (Å²) in [6.45, 7) is 7.35. The molecule has 1 unspecified atom stereocenters. The van der Waals surface area contributed by atoms with Crippen molar-refractivity contribution in [1.82, 2.24) is 15.2 Å². The van der Waals surface area contributed by atoms with Crippen LogP contribution >= 0.6 is 11.6 Å². The predicted octanol–water partition coefficient (Wildman–Crippen LogP) is 1.42. The molecule has 0 aliphatic carbocycles. The molecule has 0 aromatic carbocycles. The standard InChI is InChI=1S/C13H22ClN3O2/c1-9(2)17-8-11(14)6-12(17)13(19)16-5-4-15-7-10(3)18/h6,8-10,15,18H,4-5,7H2,1-3H3,(H,16,19). The third kappa shape index (κ3) is 5.22. The van der Waals surface area contributed by atoms with Crippen molar-refractivity contribution in [2.75, 3.05) is 19.6 Å². The summed E-state index contributed by atoms with van der Waals surface area (Å²) in [6.07, 6.45) is 1.37. The van der Waals surface area contributed by atoms with Gasteiger partial charge in [0.2, 0.25) is 0 Å².